The average molecular weight is 434 g/mol. The number of carbonyl (C=O) groups is 1. The second kappa shape index (κ2) is 10.7. The van der Waals surface area contributed by atoms with Crippen molar-refractivity contribution in [2.45, 2.75) is 58.2 Å². The van der Waals surface area contributed by atoms with Crippen LogP contribution in [0.4, 0.5) is 0 Å². The lowest BCUT2D eigenvalue weighted by Crippen LogP contribution is -2.36. The molecule has 4 rings (SSSR count). The molecule has 0 saturated carbocycles. The van der Waals surface area contributed by atoms with E-state index >= 15 is 0 Å². The molecule has 1 saturated heterocycles. The molecule has 31 heavy (non-hydrogen) atoms. The number of carbonyl (C=O) groups excluding carboxylic acids is 1. The van der Waals surface area contributed by atoms with Crippen molar-refractivity contribution >= 4 is 17.2 Å². The summed E-state index contributed by atoms with van der Waals surface area (Å²) in [6.07, 6.45) is 5.11. The van der Waals surface area contributed by atoms with Crippen LogP contribution >= 0.6 is 11.3 Å². The highest BCUT2D eigenvalue weighted by Gasteiger charge is 2.18. The van der Waals surface area contributed by atoms with Gasteiger partial charge in [0.05, 0.1) is 17.1 Å². The van der Waals surface area contributed by atoms with Crippen molar-refractivity contribution in [1.29, 1.82) is 0 Å². The molecule has 3 aromatic rings. The zero-order valence-electron chi connectivity index (χ0n) is 18.2. The SMILES string of the molecule is C[C@@H]1CCCCN1Cc1ccc(CNC(=O)Cc2csc(Cc3ccccc3)n2)cc1. The van der Waals surface area contributed by atoms with E-state index in [0.29, 0.717) is 19.0 Å². The zero-order chi connectivity index (χ0) is 21.5. The predicted octanol–water partition coefficient (Wildman–Crippen LogP) is 4.97. The van der Waals surface area contributed by atoms with E-state index in [0.717, 1.165) is 29.2 Å². The highest BCUT2D eigenvalue weighted by molar-refractivity contribution is 7.09. The van der Waals surface area contributed by atoms with Crippen molar-refractivity contribution in [1.82, 2.24) is 15.2 Å². The van der Waals surface area contributed by atoms with E-state index in [-0.39, 0.29) is 5.91 Å². The third-order valence-electron chi connectivity index (χ3n) is 5.98. The Labute approximate surface area is 189 Å². The van der Waals surface area contributed by atoms with Gasteiger partial charge in [0.15, 0.2) is 0 Å². The minimum atomic E-state index is 0.0165. The number of nitrogens with one attached hydrogen (secondary N) is 1. The lowest BCUT2D eigenvalue weighted by molar-refractivity contribution is -0.120. The molecule has 0 unspecified atom stereocenters. The summed E-state index contributed by atoms with van der Waals surface area (Å²) in [4.78, 5) is 19.6. The van der Waals surface area contributed by atoms with Crippen LogP contribution in [0.1, 0.15) is 53.6 Å². The third-order valence-corrected chi connectivity index (χ3v) is 6.88. The van der Waals surface area contributed by atoms with E-state index in [4.69, 9.17) is 0 Å². The van der Waals surface area contributed by atoms with Crippen molar-refractivity contribution in [3.63, 3.8) is 0 Å². The maximum atomic E-state index is 12.4. The first-order valence-electron chi connectivity index (χ1n) is 11.2. The minimum absolute atomic E-state index is 0.0165. The number of aromatic nitrogens is 1. The van der Waals surface area contributed by atoms with Gasteiger partial charge in [0, 0.05) is 30.9 Å². The van der Waals surface area contributed by atoms with Gasteiger partial charge in [-0.3, -0.25) is 9.69 Å². The first-order chi connectivity index (χ1) is 15.2. The molecule has 1 aliphatic rings. The number of thiazole rings is 1. The van der Waals surface area contributed by atoms with E-state index < -0.39 is 0 Å². The van der Waals surface area contributed by atoms with Crippen molar-refractivity contribution in [3.8, 4) is 0 Å². The fourth-order valence-corrected chi connectivity index (χ4v) is 4.93. The quantitative estimate of drug-likeness (QED) is 0.546. The Morgan fingerprint density at radius 3 is 2.61 bits per heavy atom. The van der Waals surface area contributed by atoms with Gasteiger partial charge in [0.25, 0.3) is 0 Å². The first kappa shape index (κ1) is 21.7. The van der Waals surface area contributed by atoms with Gasteiger partial charge in [-0.15, -0.1) is 11.3 Å². The van der Waals surface area contributed by atoms with Crippen LogP contribution in [0.15, 0.2) is 60.0 Å². The van der Waals surface area contributed by atoms with Crippen molar-refractivity contribution in [2.24, 2.45) is 0 Å². The summed E-state index contributed by atoms with van der Waals surface area (Å²) in [7, 11) is 0. The zero-order valence-corrected chi connectivity index (χ0v) is 19.0. The first-order valence-corrected chi connectivity index (χ1v) is 12.1. The molecule has 4 nitrogen and oxygen atoms in total. The van der Waals surface area contributed by atoms with Crippen LogP contribution in [0.5, 0.6) is 0 Å². The van der Waals surface area contributed by atoms with Crippen LogP contribution in [-0.4, -0.2) is 28.4 Å². The van der Waals surface area contributed by atoms with Gasteiger partial charge in [0.1, 0.15) is 0 Å². The minimum Gasteiger partial charge on any atom is -0.352 e. The molecule has 1 atom stereocenters. The van der Waals surface area contributed by atoms with Crippen molar-refractivity contribution in [2.75, 3.05) is 6.54 Å². The molecule has 0 bridgehead atoms. The van der Waals surface area contributed by atoms with Crippen LogP contribution < -0.4 is 5.32 Å². The maximum absolute atomic E-state index is 12.4. The topological polar surface area (TPSA) is 45.2 Å². The van der Waals surface area contributed by atoms with E-state index in [2.05, 4.69) is 58.5 Å². The second-order valence-electron chi connectivity index (χ2n) is 8.48. The number of nitrogens with zero attached hydrogens (tertiary/aromatic N) is 2. The lowest BCUT2D eigenvalue weighted by atomic mass is 10.0. The van der Waals surface area contributed by atoms with Gasteiger partial charge >= 0.3 is 0 Å². The summed E-state index contributed by atoms with van der Waals surface area (Å²) in [6, 6.07) is 19.6. The monoisotopic (exact) mass is 433 g/mol. The highest BCUT2D eigenvalue weighted by atomic mass is 32.1. The summed E-state index contributed by atoms with van der Waals surface area (Å²) in [5, 5.41) is 6.07. The number of amides is 1. The standard InChI is InChI=1S/C26H31N3OS/c1-20-7-5-6-14-29(20)18-23-12-10-22(11-13-23)17-27-25(30)16-24-19-31-26(28-24)15-21-8-3-2-4-9-21/h2-4,8-13,19-20H,5-7,14-18H2,1H3,(H,27,30)/t20-/m1/s1. The normalized spacial score (nSPS) is 16.9. The molecule has 1 fully saturated rings. The molecule has 1 amide bonds. The summed E-state index contributed by atoms with van der Waals surface area (Å²) in [5.74, 6) is 0.0165. The molecule has 0 spiro atoms. The molecule has 5 heteroatoms. The highest BCUT2D eigenvalue weighted by Crippen LogP contribution is 2.19. The number of benzene rings is 2. The van der Waals surface area contributed by atoms with Crippen LogP contribution in [0, 0.1) is 0 Å². The van der Waals surface area contributed by atoms with Gasteiger partial charge in [-0.25, -0.2) is 4.98 Å². The number of hydrogen-bond donors (Lipinski definition) is 1. The van der Waals surface area contributed by atoms with Crippen molar-refractivity contribution < 1.29 is 4.79 Å². The van der Waals surface area contributed by atoms with Gasteiger partial charge in [-0.2, -0.15) is 0 Å². The van der Waals surface area contributed by atoms with Gasteiger partial charge in [0.2, 0.25) is 5.91 Å². The molecule has 2 aromatic carbocycles. The number of rotatable bonds is 8. The molecule has 0 aliphatic carbocycles. The molecule has 2 heterocycles. The Bertz CT molecular complexity index is 968. The van der Waals surface area contributed by atoms with Gasteiger partial charge in [-0.1, -0.05) is 61.0 Å². The summed E-state index contributed by atoms with van der Waals surface area (Å²) < 4.78 is 0. The Kier molecular flexibility index (Phi) is 7.49. The van der Waals surface area contributed by atoms with E-state index in [1.807, 2.05) is 23.6 Å². The number of hydrogen-bond acceptors (Lipinski definition) is 4. The second-order valence-corrected chi connectivity index (χ2v) is 9.42. The van der Waals surface area contributed by atoms with Gasteiger partial charge in [-0.05, 0) is 43.0 Å². The predicted molar refractivity (Wildman–Crippen MR) is 127 cm³/mol. The molecule has 0 radical (unpaired) electrons. The largest absolute Gasteiger partial charge is 0.352 e. The Hall–Kier alpha value is -2.50. The summed E-state index contributed by atoms with van der Waals surface area (Å²) in [5.41, 5.74) is 4.56. The third kappa shape index (κ3) is 6.49. The molecular formula is C26H31N3OS. The Balaban J connectivity index is 1.22. The molecule has 1 aliphatic heterocycles. The van der Waals surface area contributed by atoms with Gasteiger partial charge < -0.3 is 5.32 Å². The molecular weight excluding hydrogens is 402 g/mol. The molecule has 1 aromatic heterocycles. The van der Waals surface area contributed by atoms with E-state index in [1.54, 1.807) is 11.3 Å². The number of likely N-dealkylation sites (tertiary alicyclic amines) is 1. The smallest absolute Gasteiger partial charge is 0.226 e. The van der Waals surface area contributed by atoms with Crippen molar-refractivity contribution in [3.05, 3.63) is 87.4 Å². The van der Waals surface area contributed by atoms with Crippen LogP contribution in [0.2, 0.25) is 0 Å². The summed E-state index contributed by atoms with van der Waals surface area (Å²) >= 11 is 1.62. The van der Waals surface area contributed by atoms with E-state index in [1.165, 1.54) is 36.9 Å². The summed E-state index contributed by atoms with van der Waals surface area (Å²) in [6.45, 7) is 5.10. The molecule has 162 valence electrons. The maximum Gasteiger partial charge on any atom is 0.226 e. The number of piperidine rings is 1. The fourth-order valence-electron chi connectivity index (χ4n) is 4.10. The van der Waals surface area contributed by atoms with Crippen LogP contribution in [0.25, 0.3) is 0 Å². The lowest BCUT2D eigenvalue weighted by Gasteiger charge is -2.33. The Morgan fingerprint density at radius 1 is 1.06 bits per heavy atom. The molecule has 1 N–H and O–H groups in total. The fraction of sp³-hybridized carbons (Fsp3) is 0.385. The Morgan fingerprint density at radius 2 is 1.84 bits per heavy atom. The van der Waals surface area contributed by atoms with Crippen LogP contribution in [-0.2, 0) is 30.7 Å². The van der Waals surface area contributed by atoms with E-state index in [9.17, 15) is 4.79 Å². The van der Waals surface area contributed by atoms with Crippen LogP contribution in [0.3, 0.4) is 0 Å². The average Bonchev–Trinajstić information content (AvgIpc) is 3.22.